The number of benzene rings is 3. The quantitative estimate of drug-likeness (QED) is 0.117. The zero-order chi connectivity index (χ0) is 31.4. The van der Waals surface area contributed by atoms with Crippen molar-refractivity contribution in [2.24, 2.45) is 0 Å². The van der Waals surface area contributed by atoms with Crippen LogP contribution in [-0.2, 0) is 0 Å². The van der Waals surface area contributed by atoms with Crippen LogP contribution in [0.5, 0.6) is 0 Å². The summed E-state index contributed by atoms with van der Waals surface area (Å²) < 4.78 is 59.3. The minimum atomic E-state index is -4.57. The van der Waals surface area contributed by atoms with Crippen molar-refractivity contribution in [3.05, 3.63) is 107 Å². The number of carbonyl (C=O) groups is 2. The van der Waals surface area contributed by atoms with Gasteiger partial charge in [0.05, 0.1) is 17.6 Å². The second kappa shape index (κ2) is 12.7. The second-order valence-corrected chi connectivity index (χ2v) is 10.1. The third-order valence-corrected chi connectivity index (χ3v) is 7.12. The van der Waals surface area contributed by atoms with E-state index in [9.17, 15) is 32.3 Å². The van der Waals surface area contributed by atoms with E-state index in [2.05, 4.69) is 15.6 Å². The molecule has 0 aliphatic heterocycles. The number of amides is 1. The molecule has 7 nitrogen and oxygen atoms in total. The molecule has 2 aromatic heterocycles. The highest BCUT2D eigenvalue weighted by Crippen LogP contribution is 2.38. The summed E-state index contributed by atoms with van der Waals surface area (Å²) in [5, 5.41) is 15.0. The summed E-state index contributed by atoms with van der Waals surface area (Å²) in [5.41, 5.74) is 1.94. The molecule has 2 heterocycles. The number of Topliss-reactive ketones (excluding diaryl/α,β-unsaturated/α-hetero) is 1. The van der Waals surface area contributed by atoms with Crippen molar-refractivity contribution in [2.45, 2.75) is 18.5 Å². The van der Waals surface area contributed by atoms with Gasteiger partial charge in [0, 0.05) is 36.1 Å². The lowest BCUT2D eigenvalue weighted by Crippen LogP contribution is -2.22. The number of nitrogens with zero attached hydrogens (tertiary/aromatic N) is 1. The number of aromatic nitrogens is 1. The largest absolute Gasteiger partial charge is 0.437 e. The summed E-state index contributed by atoms with van der Waals surface area (Å²) >= 11 is 0. The van der Waals surface area contributed by atoms with Gasteiger partial charge in [0.15, 0.2) is 5.78 Å². The summed E-state index contributed by atoms with van der Waals surface area (Å²) in [5.74, 6) is -1.90. The second-order valence-electron chi connectivity index (χ2n) is 10.1. The van der Waals surface area contributed by atoms with Crippen molar-refractivity contribution >= 4 is 28.6 Å². The molecule has 226 valence electrons. The van der Waals surface area contributed by atoms with Crippen LogP contribution in [0.2, 0.25) is 0 Å². The summed E-state index contributed by atoms with van der Waals surface area (Å²) in [6, 6.07) is 22.1. The predicted molar refractivity (Wildman–Crippen MR) is 158 cm³/mol. The van der Waals surface area contributed by atoms with Crippen molar-refractivity contribution in [3.8, 4) is 22.5 Å². The fourth-order valence-electron chi connectivity index (χ4n) is 4.93. The molecule has 0 spiro atoms. The maximum absolute atomic E-state index is 13.6. The standard InChI is InChI=1S/C33H27F4N3O4/c1-38-31(43)28-26-16-25(21-8-5-9-22(14-21)27(42)15-23(17-41)19-6-3-2-4-7-19)30(39-18-33(35,36)37)40-32(26)44-29(28)20-10-12-24(34)13-11-20/h2-14,16,23,41H,15,17-18H2,1H3,(H,38,43)(H,39,40)/t23-/m1/s1. The zero-order valence-corrected chi connectivity index (χ0v) is 23.4. The number of fused-ring (bicyclic) bond motifs is 1. The van der Waals surface area contributed by atoms with Gasteiger partial charge in [-0.15, -0.1) is 0 Å². The highest BCUT2D eigenvalue weighted by atomic mass is 19.4. The van der Waals surface area contributed by atoms with Crippen LogP contribution < -0.4 is 10.6 Å². The number of aliphatic hydroxyl groups excluding tert-OH is 1. The molecule has 5 rings (SSSR count). The number of hydrogen-bond donors (Lipinski definition) is 3. The Balaban J connectivity index is 1.62. The van der Waals surface area contributed by atoms with Gasteiger partial charge in [-0.1, -0.05) is 48.5 Å². The topological polar surface area (TPSA) is 104 Å². The summed E-state index contributed by atoms with van der Waals surface area (Å²) in [7, 11) is 1.41. The number of anilines is 1. The monoisotopic (exact) mass is 605 g/mol. The number of alkyl halides is 3. The smallest absolute Gasteiger partial charge is 0.405 e. The molecule has 3 aromatic carbocycles. The van der Waals surface area contributed by atoms with Gasteiger partial charge in [-0.2, -0.15) is 18.2 Å². The zero-order valence-electron chi connectivity index (χ0n) is 23.4. The van der Waals surface area contributed by atoms with Gasteiger partial charge in [0.1, 0.15) is 23.9 Å². The highest BCUT2D eigenvalue weighted by molar-refractivity contribution is 6.11. The summed E-state index contributed by atoms with van der Waals surface area (Å²) in [6.07, 6.45) is -4.57. The van der Waals surface area contributed by atoms with Gasteiger partial charge in [-0.05, 0) is 47.5 Å². The molecule has 0 saturated heterocycles. The van der Waals surface area contributed by atoms with Crippen LogP contribution in [0.1, 0.15) is 38.6 Å². The molecule has 0 aliphatic carbocycles. The molecular weight excluding hydrogens is 578 g/mol. The number of ketones is 1. The third-order valence-electron chi connectivity index (χ3n) is 7.12. The fraction of sp³-hybridized carbons (Fsp3) is 0.182. The molecule has 0 saturated carbocycles. The van der Waals surface area contributed by atoms with Gasteiger partial charge >= 0.3 is 6.18 Å². The fourth-order valence-corrected chi connectivity index (χ4v) is 4.93. The molecule has 5 aromatic rings. The average Bonchev–Trinajstić information content (AvgIpc) is 3.40. The minimum Gasteiger partial charge on any atom is -0.437 e. The molecule has 0 radical (unpaired) electrons. The van der Waals surface area contributed by atoms with E-state index in [1.165, 1.54) is 43.4 Å². The predicted octanol–water partition coefficient (Wildman–Crippen LogP) is 6.98. The Hall–Kier alpha value is -5.03. The molecule has 0 bridgehead atoms. The van der Waals surface area contributed by atoms with Crippen LogP contribution in [0.15, 0.2) is 89.3 Å². The lowest BCUT2D eigenvalue weighted by Gasteiger charge is -2.15. The SMILES string of the molecule is CNC(=O)c1c(-c2ccc(F)cc2)oc2nc(NCC(F)(F)F)c(-c3cccc(C(=O)C[C@H](CO)c4ccccc4)c3)cc12. The van der Waals surface area contributed by atoms with Crippen molar-refractivity contribution in [1.82, 2.24) is 10.3 Å². The number of nitrogens with one attached hydrogen (secondary N) is 2. The third kappa shape index (κ3) is 6.63. The maximum Gasteiger partial charge on any atom is 0.405 e. The Morgan fingerprint density at radius 3 is 2.34 bits per heavy atom. The number of rotatable bonds is 10. The lowest BCUT2D eigenvalue weighted by atomic mass is 9.91. The van der Waals surface area contributed by atoms with Crippen LogP contribution in [-0.4, -0.2) is 48.2 Å². The first-order valence-electron chi connectivity index (χ1n) is 13.6. The van der Waals surface area contributed by atoms with E-state index in [0.717, 1.165) is 5.56 Å². The molecule has 11 heteroatoms. The molecule has 44 heavy (non-hydrogen) atoms. The molecule has 3 N–H and O–H groups in total. The normalized spacial score (nSPS) is 12.2. The Morgan fingerprint density at radius 1 is 0.955 bits per heavy atom. The summed E-state index contributed by atoms with van der Waals surface area (Å²) in [4.78, 5) is 30.7. The van der Waals surface area contributed by atoms with Crippen LogP contribution in [0.3, 0.4) is 0 Å². The molecule has 1 atom stereocenters. The number of furan rings is 1. The first kappa shape index (κ1) is 30.4. The van der Waals surface area contributed by atoms with Crippen LogP contribution in [0.25, 0.3) is 33.6 Å². The molecule has 0 fully saturated rings. The van der Waals surface area contributed by atoms with Crippen molar-refractivity contribution in [1.29, 1.82) is 0 Å². The molecule has 0 aliphatic rings. The minimum absolute atomic E-state index is 0.00398. The number of pyridine rings is 1. The lowest BCUT2D eigenvalue weighted by molar-refractivity contribution is -0.115. The Morgan fingerprint density at radius 2 is 1.68 bits per heavy atom. The summed E-state index contributed by atoms with van der Waals surface area (Å²) in [6.45, 7) is -1.65. The van der Waals surface area contributed by atoms with E-state index in [1.807, 2.05) is 30.3 Å². The van der Waals surface area contributed by atoms with Gasteiger partial charge in [-0.3, -0.25) is 9.59 Å². The molecular formula is C33H27F4N3O4. The van der Waals surface area contributed by atoms with E-state index in [4.69, 9.17) is 4.42 Å². The number of halogens is 4. The average molecular weight is 606 g/mol. The van der Waals surface area contributed by atoms with E-state index in [-0.39, 0.29) is 58.2 Å². The van der Waals surface area contributed by atoms with Gasteiger partial charge in [-0.25, -0.2) is 4.39 Å². The van der Waals surface area contributed by atoms with Gasteiger partial charge in [0.2, 0.25) is 5.71 Å². The Labute approximate surface area is 249 Å². The molecule has 0 unspecified atom stereocenters. The van der Waals surface area contributed by atoms with Gasteiger partial charge < -0.3 is 20.2 Å². The van der Waals surface area contributed by atoms with Crippen LogP contribution >= 0.6 is 0 Å². The van der Waals surface area contributed by atoms with Gasteiger partial charge in [0.25, 0.3) is 5.91 Å². The van der Waals surface area contributed by atoms with Crippen LogP contribution in [0.4, 0.5) is 23.4 Å². The van der Waals surface area contributed by atoms with E-state index in [1.54, 1.807) is 18.2 Å². The number of carbonyl (C=O) groups excluding carboxylic acids is 2. The Kier molecular flexibility index (Phi) is 8.77. The van der Waals surface area contributed by atoms with Crippen LogP contribution in [0, 0.1) is 5.82 Å². The Bertz CT molecular complexity index is 1800. The highest BCUT2D eigenvalue weighted by Gasteiger charge is 2.29. The van der Waals surface area contributed by atoms with E-state index >= 15 is 0 Å². The van der Waals surface area contributed by atoms with E-state index < -0.39 is 30.4 Å². The number of aliphatic hydroxyl groups is 1. The van der Waals surface area contributed by atoms with Crippen molar-refractivity contribution in [3.63, 3.8) is 0 Å². The van der Waals surface area contributed by atoms with Crippen molar-refractivity contribution in [2.75, 3.05) is 25.5 Å². The molecule has 1 amide bonds. The first-order valence-corrected chi connectivity index (χ1v) is 13.6. The van der Waals surface area contributed by atoms with E-state index in [0.29, 0.717) is 11.1 Å². The van der Waals surface area contributed by atoms with Crippen molar-refractivity contribution < 1.29 is 36.7 Å². The first-order chi connectivity index (χ1) is 21.1. The number of hydrogen-bond acceptors (Lipinski definition) is 6. The maximum atomic E-state index is 13.6.